The van der Waals surface area contributed by atoms with E-state index in [1.807, 2.05) is 60.7 Å². The van der Waals surface area contributed by atoms with Gasteiger partial charge in [0.2, 0.25) is 0 Å². The van der Waals surface area contributed by atoms with E-state index < -0.39 is 0 Å². The van der Waals surface area contributed by atoms with Crippen LogP contribution in [0.5, 0.6) is 5.75 Å². The maximum absolute atomic E-state index is 12.5. The largest absolute Gasteiger partial charge is 0.488 e. The topological polar surface area (TPSA) is 55.6 Å². The molecule has 1 amide bonds. The molecule has 0 fully saturated rings. The predicted octanol–water partition coefficient (Wildman–Crippen LogP) is 6.20. The first-order valence-corrected chi connectivity index (χ1v) is 11.4. The summed E-state index contributed by atoms with van der Waals surface area (Å²) in [6.07, 6.45) is 1.59. The minimum Gasteiger partial charge on any atom is -0.488 e. The Balaban J connectivity index is 1.39. The van der Waals surface area contributed by atoms with Gasteiger partial charge in [0.25, 0.3) is 5.91 Å². The molecule has 0 aliphatic heterocycles. The summed E-state index contributed by atoms with van der Waals surface area (Å²) in [5, 5.41) is 4.13. The number of rotatable bonds is 7. The molecule has 6 heteroatoms. The summed E-state index contributed by atoms with van der Waals surface area (Å²) in [7, 11) is 0. The van der Waals surface area contributed by atoms with Crippen LogP contribution in [0.2, 0.25) is 0 Å². The summed E-state index contributed by atoms with van der Waals surface area (Å²) in [5.41, 5.74) is 8.30. The molecule has 166 valence electrons. The molecule has 0 bridgehead atoms. The van der Waals surface area contributed by atoms with Crippen molar-refractivity contribution in [3.63, 3.8) is 0 Å². The number of hydrogen-bond acceptors (Lipinski definition) is 3. The molecule has 1 N–H and O–H groups in total. The van der Waals surface area contributed by atoms with Crippen LogP contribution in [0, 0.1) is 13.8 Å². The Kier molecular flexibility index (Phi) is 7.05. The van der Waals surface area contributed by atoms with E-state index in [1.54, 1.807) is 18.3 Å². The standard InChI is InChI=1S/C27H24BrN3O2/c1-19-7-8-20(2)31(19)25-15-11-22(12-16-25)27(32)30-29-17-23-5-3-4-6-26(23)33-18-21-9-13-24(28)14-10-21/h3-17H,18H2,1-2H3,(H,30,32)/b29-17-. The number of aryl methyl sites for hydroxylation is 2. The summed E-state index contributed by atoms with van der Waals surface area (Å²) in [4.78, 5) is 12.5. The van der Waals surface area contributed by atoms with E-state index in [4.69, 9.17) is 4.74 Å². The quantitative estimate of drug-likeness (QED) is 0.242. The van der Waals surface area contributed by atoms with Crippen molar-refractivity contribution in [1.82, 2.24) is 9.99 Å². The number of hydrazone groups is 1. The second kappa shape index (κ2) is 10.3. The molecule has 0 saturated heterocycles. The van der Waals surface area contributed by atoms with E-state index in [2.05, 4.69) is 57.0 Å². The molecule has 1 aromatic heterocycles. The normalized spacial score (nSPS) is 11.0. The van der Waals surface area contributed by atoms with E-state index >= 15 is 0 Å². The highest BCUT2D eigenvalue weighted by molar-refractivity contribution is 9.10. The zero-order chi connectivity index (χ0) is 23.2. The van der Waals surface area contributed by atoms with Crippen molar-refractivity contribution in [1.29, 1.82) is 0 Å². The number of halogens is 1. The van der Waals surface area contributed by atoms with Gasteiger partial charge in [-0.3, -0.25) is 4.79 Å². The third-order valence-electron chi connectivity index (χ3n) is 5.26. The van der Waals surface area contributed by atoms with Gasteiger partial charge in [-0.15, -0.1) is 0 Å². The van der Waals surface area contributed by atoms with Crippen LogP contribution in [-0.4, -0.2) is 16.7 Å². The Labute approximate surface area is 201 Å². The number of carbonyl (C=O) groups is 1. The van der Waals surface area contributed by atoms with Crippen molar-refractivity contribution < 1.29 is 9.53 Å². The molecule has 0 radical (unpaired) electrons. The monoisotopic (exact) mass is 501 g/mol. The number of nitrogens with one attached hydrogen (secondary N) is 1. The highest BCUT2D eigenvalue weighted by Gasteiger charge is 2.08. The molecule has 0 saturated carbocycles. The molecule has 0 unspecified atom stereocenters. The molecule has 0 aliphatic carbocycles. The predicted molar refractivity (Wildman–Crippen MR) is 135 cm³/mol. The first kappa shape index (κ1) is 22.6. The van der Waals surface area contributed by atoms with Gasteiger partial charge >= 0.3 is 0 Å². The van der Waals surface area contributed by atoms with Crippen LogP contribution in [0.25, 0.3) is 5.69 Å². The van der Waals surface area contributed by atoms with E-state index in [0.29, 0.717) is 17.9 Å². The number of hydrogen-bond donors (Lipinski definition) is 1. The first-order valence-electron chi connectivity index (χ1n) is 10.6. The summed E-state index contributed by atoms with van der Waals surface area (Å²) < 4.78 is 9.12. The minimum absolute atomic E-state index is 0.271. The Morgan fingerprint density at radius 1 is 0.939 bits per heavy atom. The molecule has 0 aliphatic rings. The molecule has 0 spiro atoms. The van der Waals surface area contributed by atoms with Gasteiger partial charge in [0.1, 0.15) is 12.4 Å². The fourth-order valence-electron chi connectivity index (χ4n) is 3.52. The van der Waals surface area contributed by atoms with E-state index in [9.17, 15) is 4.79 Å². The lowest BCUT2D eigenvalue weighted by atomic mass is 10.2. The SMILES string of the molecule is Cc1ccc(C)n1-c1ccc(C(=O)N/N=C\c2ccccc2OCc2ccc(Br)cc2)cc1. The van der Waals surface area contributed by atoms with E-state index in [1.165, 1.54) is 0 Å². The van der Waals surface area contributed by atoms with Crippen molar-refractivity contribution in [3.8, 4) is 11.4 Å². The number of ether oxygens (including phenoxy) is 1. The van der Waals surface area contributed by atoms with Crippen molar-refractivity contribution in [2.24, 2.45) is 5.10 Å². The first-order chi connectivity index (χ1) is 16.0. The Morgan fingerprint density at radius 3 is 2.30 bits per heavy atom. The zero-order valence-electron chi connectivity index (χ0n) is 18.5. The third-order valence-corrected chi connectivity index (χ3v) is 5.78. The lowest BCUT2D eigenvalue weighted by Crippen LogP contribution is -2.17. The van der Waals surface area contributed by atoms with Crippen molar-refractivity contribution in [3.05, 3.63) is 117 Å². The molecule has 4 rings (SSSR count). The molecule has 4 aromatic rings. The lowest BCUT2D eigenvalue weighted by molar-refractivity contribution is 0.0955. The fraction of sp³-hybridized carbons (Fsp3) is 0.111. The second-order valence-corrected chi connectivity index (χ2v) is 8.57. The number of benzene rings is 3. The zero-order valence-corrected chi connectivity index (χ0v) is 20.0. The fourth-order valence-corrected chi connectivity index (χ4v) is 3.79. The number of nitrogens with zero attached hydrogens (tertiary/aromatic N) is 2. The highest BCUT2D eigenvalue weighted by atomic mass is 79.9. The van der Waals surface area contributed by atoms with Gasteiger partial charge in [0.05, 0.1) is 6.21 Å². The van der Waals surface area contributed by atoms with Crippen LogP contribution < -0.4 is 10.2 Å². The van der Waals surface area contributed by atoms with Crippen LogP contribution in [0.15, 0.2) is 94.5 Å². The van der Waals surface area contributed by atoms with Crippen molar-refractivity contribution in [2.45, 2.75) is 20.5 Å². The summed E-state index contributed by atoms with van der Waals surface area (Å²) in [5.74, 6) is 0.423. The average molecular weight is 502 g/mol. The summed E-state index contributed by atoms with van der Waals surface area (Å²) in [6, 6.07) is 27.2. The van der Waals surface area contributed by atoms with Gasteiger partial charge in [-0.2, -0.15) is 5.10 Å². The maximum atomic E-state index is 12.5. The van der Waals surface area contributed by atoms with Gasteiger partial charge in [0.15, 0.2) is 0 Å². The molecule has 5 nitrogen and oxygen atoms in total. The second-order valence-electron chi connectivity index (χ2n) is 7.65. The third kappa shape index (κ3) is 5.59. The van der Waals surface area contributed by atoms with E-state index in [-0.39, 0.29) is 5.91 Å². The maximum Gasteiger partial charge on any atom is 0.271 e. The van der Waals surface area contributed by atoms with Gasteiger partial charge < -0.3 is 9.30 Å². The Hall–Kier alpha value is -3.64. The van der Waals surface area contributed by atoms with Gasteiger partial charge in [-0.1, -0.05) is 40.2 Å². The lowest BCUT2D eigenvalue weighted by Gasteiger charge is -2.10. The van der Waals surface area contributed by atoms with Crippen LogP contribution in [0.4, 0.5) is 0 Å². The molecular formula is C27H24BrN3O2. The minimum atomic E-state index is -0.271. The van der Waals surface area contributed by atoms with E-state index in [0.717, 1.165) is 32.7 Å². The van der Waals surface area contributed by atoms with Gasteiger partial charge in [0, 0.05) is 32.7 Å². The van der Waals surface area contributed by atoms with Crippen molar-refractivity contribution >= 4 is 28.1 Å². The number of aromatic nitrogens is 1. The Morgan fingerprint density at radius 2 is 1.61 bits per heavy atom. The van der Waals surface area contributed by atoms with Crippen LogP contribution in [-0.2, 0) is 6.61 Å². The van der Waals surface area contributed by atoms with Crippen molar-refractivity contribution in [2.75, 3.05) is 0 Å². The van der Waals surface area contributed by atoms with Gasteiger partial charge in [-0.05, 0) is 80.1 Å². The van der Waals surface area contributed by atoms with Crippen LogP contribution >= 0.6 is 15.9 Å². The number of para-hydroxylation sites is 1. The molecule has 33 heavy (non-hydrogen) atoms. The Bertz CT molecular complexity index is 1260. The molecule has 1 heterocycles. The average Bonchev–Trinajstić information content (AvgIpc) is 3.17. The summed E-state index contributed by atoms with van der Waals surface area (Å²) in [6.45, 7) is 4.56. The summed E-state index contributed by atoms with van der Waals surface area (Å²) >= 11 is 3.43. The highest BCUT2D eigenvalue weighted by Crippen LogP contribution is 2.19. The van der Waals surface area contributed by atoms with Gasteiger partial charge in [-0.25, -0.2) is 5.43 Å². The smallest absolute Gasteiger partial charge is 0.271 e. The molecular weight excluding hydrogens is 478 g/mol. The molecule has 3 aromatic carbocycles. The number of amides is 1. The van der Waals surface area contributed by atoms with Crippen LogP contribution in [0.1, 0.15) is 32.9 Å². The van der Waals surface area contributed by atoms with Crippen LogP contribution in [0.3, 0.4) is 0 Å². The molecule has 0 atom stereocenters. The number of carbonyl (C=O) groups excluding carboxylic acids is 1.